The number of para-hydroxylation sites is 1. The number of nitrogens with zero attached hydrogens (tertiary/aromatic N) is 3. The van der Waals surface area contributed by atoms with E-state index in [1.807, 2.05) is 29.1 Å². The van der Waals surface area contributed by atoms with Crippen LogP contribution in [0.4, 0.5) is 0 Å². The number of piperidine rings is 1. The van der Waals surface area contributed by atoms with E-state index in [0.29, 0.717) is 0 Å². The predicted octanol–water partition coefficient (Wildman–Crippen LogP) is 4.47. The molecule has 1 aliphatic rings. The lowest BCUT2D eigenvalue weighted by atomic mass is 9.76. The molecule has 3 aromatic rings. The second-order valence-electron chi connectivity index (χ2n) is 8.44. The molecule has 0 aliphatic carbocycles. The van der Waals surface area contributed by atoms with E-state index < -0.39 is 0 Å². The van der Waals surface area contributed by atoms with Gasteiger partial charge in [-0.15, -0.1) is 0 Å². The van der Waals surface area contributed by atoms with Crippen LogP contribution in [0.15, 0.2) is 73.1 Å². The van der Waals surface area contributed by atoms with Crippen LogP contribution in [0.25, 0.3) is 5.69 Å². The molecule has 4 heteroatoms. The Bertz CT molecular complexity index is 877. The Hall–Kier alpha value is -2.43. The van der Waals surface area contributed by atoms with Gasteiger partial charge in [-0.3, -0.25) is 4.90 Å². The molecule has 0 saturated carbocycles. The summed E-state index contributed by atoms with van der Waals surface area (Å²) in [5.74, 6) is 0. The molecule has 0 radical (unpaired) electrons. The number of rotatable bonds is 8. The van der Waals surface area contributed by atoms with E-state index in [1.165, 1.54) is 11.1 Å². The molecule has 152 valence electrons. The van der Waals surface area contributed by atoms with Crippen molar-refractivity contribution in [3.05, 3.63) is 84.2 Å². The number of benzene rings is 2. The zero-order valence-electron chi connectivity index (χ0n) is 17.1. The van der Waals surface area contributed by atoms with Crippen molar-refractivity contribution in [3.8, 4) is 5.69 Å². The summed E-state index contributed by atoms with van der Waals surface area (Å²) in [6.07, 6.45) is 9.67. The van der Waals surface area contributed by atoms with Crippen LogP contribution < -0.4 is 0 Å². The number of aliphatic hydroxyl groups is 1. The molecule has 1 fully saturated rings. The van der Waals surface area contributed by atoms with E-state index in [2.05, 4.69) is 58.7 Å². The second-order valence-corrected chi connectivity index (χ2v) is 8.44. The molecule has 0 amide bonds. The molecule has 1 aromatic heterocycles. The largest absolute Gasteiger partial charge is 0.396 e. The van der Waals surface area contributed by atoms with Crippen molar-refractivity contribution in [2.75, 3.05) is 19.7 Å². The molecule has 1 N–H and O–H groups in total. The molecule has 0 spiro atoms. The van der Waals surface area contributed by atoms with Crippen LogP contribution in [0.1, 0.15) is 36.8 Å². The van der Waals surface area contributed by atoms with Crippen molar-refractivity contribution in [1.82, 2.24) is 14.7 Å². The summed E-state index contributed by atoms with van der Waals surface area (Å²) in [6, 6.07) is 20.9. The summed E-state index contributed by atoms with van der Waals surface area (Å²) >= 11 is 0. The first-order chi connectivity index (χ1) is 14.3. The van der Waals surface area contributed by atoms with Crippen molar-refractivity contribution in [2.45, 2.75) is 38.6 Å². The standard InChI is InChI=1S/C25H31N3O/c29-21-25(14-7-11-22-9-3-1-4-10-22)15-8-16-27(20-25)18-23-17-26-28(19-23)24-12-5-2-6-13-24/h1-6,9-10,12-13,17,19,29H,7-8,11,14-16,18,20-21H2/t25-/m1/s1. The lowest BCUT2D eigenvalue weighted by molar-refractivity contribution is 0.0208. The van der Waals surface area contributed by atoms with Gasteiger partial charge in [0.1, 0.15) is 0 Å². The molecular formula is C25H31N3O. The summed E-state index contributed by atoms with van der Waals surface area (Å²) in [5, 5.41) is 14.8. The Morgan fingerprint density at radius 3 is 2.48 bits per heavy atom. The average Bonchev–Trinajstić information content (AvgIpc) is 3.24. The Kier molecular flexibility index (Phi) is 6.43. The summed E-state index contributed by atoms with van der Waals surface area (Å²) in [6.45, 7) is 3.24. The summed E-state index contributed by atoms with van der Waals surface area (Å²) < 4.78 is 1.94. The summed E-state index contributed by atoms with van der Waals surface area (Å²) in [7, 11) is 0. The normalized spacial score (nSPS) is 20.0. The van der Waals surface area contributed by atoms with E-state index in [0.717, 1.165) is 57.4 Å². The van der Waals surface area contributed by atoms with E-state index in [9.17, 15) is 5.11 Å². The first-order valence-electron chi connectivity index (χ1n) is 10.7. The third-order valence-electron chi connectivity index (χ3n) is 6.15. The summed E-state index contributed by atoms with van der Waals surface area (Å²) in [5.41, 5.74) is 3.74. The minimum Gasteiger partial charge on any atom is -0.396 e. The molecule has 1 saturated heterocycles. The number of aromatic nitrogens is 2. The predicted molar refractivity (Wildman–Crippen MR) is 117 cm³/mol. The molecule has 1 atom stereocenters. The molecule has 0 unspecified atom stereocenters. The fourth-order valence-electron chi connectivity index (χ4n) is 4.59. The van der Waals surface area contributed by atoms with Gasteiger partial charge in [0, 0.05) is 36.9 Å². The zero-order valence-corrected chi connectivity index (χ0v) is 17.1. The Morgan fingerprint density at radius 1 is 0.966 bits per heavy atom. The highest BCUT2D eigenvalue weighted by molar-refractivity contribution is 5.30. The number of likely N-dealkylation sites (tertiary alicyclic amines) is 1. The fourth-order valence-corrected chi connectivity index (χ4v) is 4.59. The maximum absolute atomic E-state index is 10.2. The van der Waals surface area contributed by atoms with Gasteiger partial charge >= 0.3 is 0 Å². The van der Waals surface area contributed by atoms with E-state index in [-0.39, 0.29) is 12.0 Å². The Balaban J connectivity index is 1.35. The maximum atomic E-state index is 10.2. The quantitative estimate of drug-likeness (QED) is 0.618. The van der Waals surface area contributed by atoms with Gasteiger partial charge in [-0.05, 0) is 56.3 Å². The van der Waals surface area contributed by atoms with Gasteiger partial charge in [-0.2, -0.15) is 5.10 Å². The first kappa shape index (κ1) is 19.9. The van der Waals surface area contributed by atoms with Crippen molar-refractivity contribution < 1.29 is 5.11 Å². The van der Waals surface area contributed by atoms with Gasteiger partial charge < -0.3 is 5.11 Å². The molecule has 4 rings (SSSR count). The zero-order chi connectivity index (χ0) is 19.9. The van der Waals surface area contributed by atoms with E-state index in [1.54, 1.807) is 0 Å². The van der Waals surface area contributed by atoms with Crippen LogP contribution in [-0.2, 0) is 13.0 Å². The van der Waals surface area contributed by atoms with Gasteiger partial charge in [-0.25, -0.2) is 4.68 Å². The highest BCUT2D eigenvalue weighted by Crippen LogP contribution is 2.35. The smallest absolute Gasteiger partial charge is 0.0645 e. The lowest BCUT2D eigenvalue weighted by Crippen LogP contribution is -2.45. The minimum atomic E-state index is 0.0302. The van der Waals surface area contributed by atoms with Crippen molar-refractivity contribution in [2.24, 2.45) is 5.41 Å². The minimum absolute atomic E-state index is 0.0302. The second kappa shape index (κ2) is 9.38. The molecule has 2 aromatic carbocycles. The van der Waals surface area contributed by atoms with Crippen LogP contribution in [-0.4, -0.2) is 39.5 Å². The van der Waals surface area contributed by atoms with Crippen LogP contribution in [0, 0.1) is 5.41 Å². The van der Waals surface area contributed by atoms with Gasteiger partial charge in [-0.1, -0.05) is 48.5 Å². The number of hydrogen-bond donors (Lipinski definition) is 1. The van der Waals surface area contributed by atoms with Crippen molar-refractivity contribution >= 4 is 0 Å². The topological polar surface area (TPSA) is 41.3 Å². The van der Waals surface area contributed by atoms with Crippen molar-refractivity contribution in [3.63, 3.8) is 0 Å². The van der Waals surface area contributed by atoms with Gasteiger partial charge in [0.2, 0.25) is 0 Å². The maximum Gasteiger partial charge on any atom is 0.0645 e. The molecule has 29 heavy (non-hydrogen) atoms. The monoisotopic (exact) mass is 389 g/mol. The number of aliphatic hydroxyl groups excluding tert-OH is 1. The SMILES string of the molecule is OC[C@]1(CCCc2ccccc2)CCCN(Cc2cnn(-c3ccccc3)c2)C1. The molecule has 2 heterocycles. The molecule has 0 bridgehead atoms. The highest BCUT2D eigenvalue weighted by atomic mass is 16.3. The van der Waals surface area contributed by atoms with Gasteiger partial charge in [0.05, 0.1) is 11.9 Å². The fraction of sp³-hybridized carbons (Fsp3) is 0.400. The summed E-state index contributed by atoms with van der Waals surface area (Å²) in [4.78, 5) is 2.49. The van der Waals surface area contributed by atoms with Crippen LogP contribution >= 0.6 is 0 Å². The third-order valence-corrected chi connectivity index (χ3v) is 6.15. The molecule has 4 nitrogen and oxygen atoms in total. The Labute approximate surface area is 173 Å². The van der Waals surface area contributed by atoms with E-state index in [4.69, 9.17) is 0 Å². The van der Waals surface area contributed by atoms with Crippen LogP contribution in [0.5, 0.6) is 0 Å². The number of aryl methyl sites for hydroxylation is 1. The lowest BCUT2D eigenvalue weighted by Gasteiger charge is -2.42. The Morgan fingerprint density at radius 2 is 1.72 bits per heavy atom. The molecular weight excluding hydrogens is 358 g/mol. The molecule has 1 aliphatic heterocycles. The average molecular weight is 390 g/mol. The third kappa shape index (κ3) is 5.14. The van der Waals surface area contributed by atoms with Gasteiger partial charge in [0.25, 0.3) is 0 Å². The van der Waals surface area contributed by atoms with E-state index >= 15 is 0 Å². The van der Waals surface area contributed by atoms with Crippen LogP contribution in [0.3, 0.4) is 0 Å². The number of hydrogen-bond acceptors (Lipinski definition) is 3. The van der Waals surface area contributed by atoms with Crippen molar-refractivity contribution in [1.29, 1.82) is 0 Å². The van der Waals surface area contributed by atoms with Crippen LogP contribution in [0.2, 0.25) is 0 Å². The van der Waals surface area contributed by atoms with Gasteiger partial charge in [0.15, 0.2) is 0 Å². The highest BCUT2D eigenvalue weighted by Gasteiger charge is 2.34. The first-order valence-corrected chi connectivity index (χ1v) is 10.7.